The van der Waals surface area contributed by atoms with Gasteiger partial charge >= 0.3 is 0 Å². The van der Waals surface area contributed by atoms with Gasteiger partial charge in [0.05, 0.1) is 0 Å². The molecule has 3 nitrogen and oxygen atoms in total. The maximum Gasteiger partial charge on any atom is 0.132 e. The molecule has 0 radical (unpaired) electrons. The van der Waals surface area contributed by atoms with Crippen molar-refractivity contribution in [2.75, 3.05) is 6.54 Å². The van der Waals surface area contributed by atoms with Crippen molar-refractivity contribution in [1.82, 2.24) is 10.2 Å². The Morgan fingerprint density at radius 3 is 2.78 bits per heavy atom. The SMILES string of the molecule is C/C=C1\C(=N)N(C2CCCC2)C=C1C1=CNCC1. The van der Waals surface area contributed by atoms with Crippen LogP contribution in [0.1, 0.15) is 39.0 Å². The van der Waals surface area contributed by atoms with Gasteiger partial charge in [0.15, 0.2) is 0 Å². The summed E-state index contributed by atoms with van der Waals surface area (Å²) in [6, 6.07) is 0.555. The first kappa shape index (κ1) is 11.6. The Kier molecular flexibility index (Phi) is 2.98. The monoisotopic (exact) mass is 243 g/mol. The van der Waals surface area contributed by atoms with Crippen molar-refractivity contribution in [2.24, 2.45) is 0 Å². The van der Waals surface area contributed by atoms with E-state index in [9.17, 15) is 0 Å². The highest BCUT2D eigenvalue weighted by Crippen LogP contribution is 2.35. The van der Waals surface area contributed by atoms with Gasteiger partial charge in [-0.15, -0.1) is 0 Å². The van der Waals surface area contributed by atoms with E-state index in [4.69, 9.17) is 5.41 Å². The van der Waals surface area contributed by atoms with E-state index in [1.54, 1.807) is 0 Å². The summed E-state index contributed by atoms with van der Waals surface area (Å²) in [6.45, 7) is 3.07. The summed E-state index contributed by atoms with van der Waals surface area (Å²) in [5, 5.41) is 11.7. The Morgan fingerprint density at radius 2 is 2.17 bits per heavy atom. The second-order valence-corrected chi connectivity index (χ2v) is 5.31. The Bertz CT molecular complexity index is 450. The largest absolute Gasteiger partial charge is 0.390 e. The fourth-order valence-electron chi connectivity index (χ4n) is 3.25. The predicted octanol–water partition coefficient (Wildman–Crippen LogP) is 2.93. The molecule has 0 aromatic rings. The van der Waals surface area contributed by atoms with Crippen molar-refractivity contribution in [1.29, 1.82) is 5.41 Å². The number of amidine groups is 1. The smallest absolute Gasteiger partial charge is 0.132 e. The average Bonchev–Trinajstić information content (AvgIpc) is 3.09. The van der Waals surface area contributed by atoms with Crippen LogP contribution in [0.4, 0.5) is 0 Å². The third-order valence-electron chi connectivity index (χ3n) is 4.24. The van der Waals surface area contributed by atoms with Gasteiger partial charge in [-0.2, -0.15) is 0 Å². The zero-order valence-corrected chi connectivity index (χ0v) is 11.0. The van der Waals surface area contributed by atoms with Gasteiger partial charge in [-0.05, 0) is 31.8 Å². The molecule has 18 heavy (non-hydrogen) atoms. The van der Waals surface area contributed by atoms with Crippen molar-refractivity contribution in [2.45, 2.75) is 45.1 Å². The van der Waals surface area contributed by atoms with E-state index in [0.717, 1.165) is 18.5 Å². The van der Waals surface area contributed by atoms with Crippen LogP contribution in [0.5, 0.6) is 0 Å². The van der Waals surface area contributed by atoms with E-state index in [-0.39, 0.29) is 0 Å². The second kappa shape index (κ2) is 4.63. The fraction of sp³-hybridized carbons (Fsp3) is 0.533. The van der Waals surface area contributed by atoms with Gasteiger partial charge in [0.25, 0.3) is 0 Å². The van der Waals surface area contributed by atoms with E-state index in [1.807, 2.05) is 6.92 Å². The van der Waals surface area contributed by atoms with E-state index in [1.165, 1.54) is 36.8 Å². The molecule has 0 bridgehead atoms. The van der Waals surface area contributed by atoms with Crippen LogP contribution >= 0.6 is 0 Å². The summed E-state index contributed by atoms with van der Waals surface area (Å²) in [7, 11) is 0. The van der Waals surface area contributed by atoms with Gasteiger partial charge in [-0.3, -0.25) is 5.41 Å². The molecule has 1 saturated carbocycles. The zero-order chi connectivity index (χ0) is 12.5. The topological polar surface area (TPSA) is 39.1 Å². The lowest BCUT2D eigenvalue weighted by atomic mass is 10.00. The molecule has 1 fully saturated rings. The lowest BCUT2D eigenvalue weighted by molar-refractivity contribution is 0.411. The van der Waals surface area contributed by atoms with Crippen LogP contribution < -0.4 is 5.32 Å². The van der Waals surface area contributed by atoms with Crippen molar-refractivity contribution < 1.29 is 0 Å². The summed E-state index contributed by atoms with van der Waals surface area (Å²) < 4.78 is 0. The predicted molar refractivity (Wildman–Crippen MR) is 74.4 cm³/mol. The highest BCUT2D eigenvalue weighted by Gasteiger charge is 2.32. The van der Waals surface area contributed by atoms with Crippen LogP contribution in [0.3, 0.4) is 0 Å². The van der Waals surface area contributed by atoms with Crippen molar-refractivity contribution in [3.63, 3.8) is 0 Å². The molecule has 1 aliphatic carbocycles. The van der Waals surface area contributed by atoms with Crippen LogP contribution in [-0.4, -0.2) is 23.3 Å². The standard InChI is InChI=1S/C15H21N3/c1-2-13-14(11-7-8-17-9-11)10-18(15(13)16)12-5-3-4-6-12/h2,9-10,12,16-17H,3-8H2,1H3/b13-2-,16-15?. The normalized spacial score (nSPS) is 26.8. The van der Waals surface area contributed by atoms with Gasteiger partial charge in [0.2, 0.25) is 0 Å². The Morgan fingerprint density at radius 1 is 1.39 bits per heavy atom. The maximum atomic E-state index is 8.38. The third kappa shape index (κ3) is 1.78. The summed E-state index contributed by atoms with van der Waals surface area (Å²) in [4.78, 5) is 2.21. The molecule has 0 amide bonds. The minimum absolute atomic E-state index is 0.555. The number of hydrogen-bond donors (Lipinski definition) is 2. The number of rotatable bonds is 2. The number of nitrogens with zero attached hydrogens (tertiary/aromatic N) is 1. The molecule has 96 valence electrons. The summed E-state index contributed by atoms with van der Waals surface area (Å²) in [5.41, 5.74) is 3.73. The molecule has 0 aromatic heterocycles. The van der Waals surface area contributed by atoms with Gasteiger partial charge in [-0.1, -0.05) is 18.9 Å². The lowest BCUT2D eigenvalue weighted by Crippen LogP contribution is -2.31. The lowest BCUT2D eigenvalue weighted by Gasteiger charge is -2.23. The number of allylic oxidation sites excluding steroid dienone is 1. The Balaban J connectivity index is 1.90. The third-order valence-corrected chi connectivity index (χ3v) is 4.24. The van der Waals surface area contributed by atoms with Crippen molar-refractivity contribution >= 4 is 5.84 Å². The van der Waals surface area contributed by atoms with Crippen LogP contribution in [-0.2, 0) is 0 Å². The number of nitrogens with one attached hydrogen (secondary N) is 2. The van der Waals surface area contributed by atoms with Crippen molar-refractivity contribution in [3.05, 3.63) is 35.2 Å². The molecule has 3 rings (SSSR count). The molecule has 0 unspecified atom stereocenters. The zero-order valence-electron chi connectivity index (χ0n) is 11.0. The highest BCUT2D eigenvalue weighted by atomic mass is 15.2. The minimum Gasteiger partial charge on any atom is -0.390 e. The first-order chi connectivity index (χ1) is 8.81. The summed E-state index contributed by atoms with van der Waals surface area (Å²) in [5.74, 6) is 0.701. The highest BCUT2D eigenvalue weighted by molar-refractivity contribution is 6.05. The van der Waals surface area contributed by atoms with Crippen LogP contribution in [0, 0.1) is 5.41 Å². The van der Waals surface area contributed by atoms with Crippen LogP contribution in [0.25, 0.3) is 0 Å². The molecular weight excluding hydrogens is 222 g/mol. The average molecular weight is 243 g/mol. The van der Waals surface area contributed by atoms with Gasteiger partial charge < -0.3 is 10.2 Å². The molecule has 2 aliphatic heterocycles. The molecule has 3 heteroatoms. The van der Waals surface area contributed by atoms with E-state index in [0.29, 0.717) is 11.9 Å². The first-order valence-electron chi connectivity index (χ1n) is 7.00. The van der Waals surface area contributed by atoms with E-state index in [2.05, 4.69) is 28.7 Å². The molecular formula is C15H21N3. The Labute approximate surface area is 109 Å². The first-order valence-corrected chi connectivity index (χ1v) is 7.00. The maximum absolute atomic E-state index is 8.38. The van der Waals surface area contributed by atoms with Gasteiger partial charge in [-0.25, -0.2) is 0 Å². The van der Waals surface area contributed by atoms with Crippen molar-refractivity contribution in [3.8, 4) is 0 Å². The molecule has 2 N–H and O–H groups in total. The van der Waals surface area contributed by atoms with Gasteiger partial charge in [0.1, 0.15) is 5.84 Å². The van der Waals surface area contributed by atoms with Gasteiger partial charge in [0, 0.05) is 36.1 Å². The second-order valence-electron chi connectivity index (χ2n) is 5.31. The molecule has 3 aliphatic rings. The molecule has 0 atom stereocenters. The van der Waals surface area contributed by atoms with Crippen LogP contribution in [0.2, 0.25) is 0 Å². The van der Waals surface area contributed by atoms with E-state index >= 15 is 0 Å². The minimum atomic E-state index is 0.555. The van der Waals surface area contributed by atoms with Crippen LogP contribution in [0.15, 0.2) is 35.2 Å². The summed E-state index contributed by atoms with van der Waals surface area (Å²) >= 11 is 0. The fourth-order valence-corrected chi connectivity index (χ4v) is 3.25. The quantitative estimate of drug-likeness (QED) is 0.782. The molecule has 2 heterocycles. The van der Waals surface area contributed by atoms with E-state index < -0.39 is 0 Å². The number of hydrogen-bond acceptors (Lipinski definition) is 2. The summed E-state index contributed by atoms with van der Waals surface area (Å²) in [6.07, 6.45) is 12.6. The molecule has 0 aromatic carbocycles. The molecule has 0 spiro atoms. The Hall–Kier alpha value is -1.51. The molecule has 0 saturated heterocycles.